The second kappa shape index (κ2) is 8.64. The molecule has 1 fully saturated rings. The Bertz CT molecular complexity index is 1490. The van der Waals surface area contributed by atoms with Crippen LogP contribution < -0.4 is 4.90 Å². The third kappa shape index (κ3) is 3.78. The van der Waals surface area contributed by atoms with Gasteiger partial charge in [-0.3, -0.25) is 4.79 Å². The number of pyridine rings is 1. The first-order chi connectivity index (χ1) is 17.2. The number of aromatic nitrogens is 6. The van der Waals surface area contributed by atoms with E-state index < -0.39 is 0 Å². The molecule has 35 heavy (non-hydrogen) atoms. The minimum absolute atomic E-state index is 0.0665. The molecule has 0 unspecified atom stereocenters. The van der Waals surface area contributed by atoms with Crippen molar-refractivity contribution in [2.75, 3.05) is 31.1 Å². The van der Waals surface area contributed by atoms with E-state index in [1.54, 1.807) is 4.68 Å². The molecule has 1 saturated heterocycles. The molecule has 0 bridgehead atoms. The number of amides is 1. The lowest BCUT2D eigenvalue weighted by Gasteiger charge is -2.35. The summed E-state index contributed by atoms with van der Waals surface area (Å²) >= 11 is 0. The van der Waals surface area contributed by atoms with Crippen molar-refractivity contribution in [1.29, 1.82) is 0 Å². The largest absolute Gasteiger partial charge is 0.336 e. The first-order valence-electron chi connectivity index (χ1n) is 11.4. The van der Waals surface area contributed by atoms with E-state index in [9.17, 15) is 4.79 Å². The lowest BCUT2D eigenvalue weighted by Crippen LogP contribution is -2.49. The molecule has 0 N–H and O–H groups in total. The molecule has 6 rings (SSSR count). The lowest BCUT2D eigenvalue weighted by molar-refractivity contribution is 0.0748. The van der Waals surface area contributed by atoms with Crippen LogP contribution in [0.2, 0.25) is 0 Å². The van der Waals surface area contributed by atoms with E-state index in [4.69, 9.17) is 4.52 Å². The highest BCUT2D eigenvalue weighted by atomic mass is 16.5. The van der Waals surface area contributed by atoms with Gasteiger partial charge in [0.2, 0.25) is 5.95 Å². The first-order valence-corrected chi connectivity index (χ1v) is 11.4. The van der Waals surface area contributed by atoms with Gasteiger partial charge in [0.1, 0.15) is 0 Å². The summed E-state index contributed by atoms with van der Waals surface area (Å²) in [6, 6.07) is 21.4. The van der Waals surface area contributed by atoms with Gasteiger partial charge in [-0.2, -0.15) is 4.68 Å². The van der Waals surface area contributed by atoms with Crippen molar-refractivity contribution < 1.29 is 9.32 Å². The van der Waals surface area contributed by atoms with Crippen molar-refractivity contribution in [1.82, 2.24) is 35.2 Å². The second-order valence-electron chi connectivity index (χ2n) is 8.37. The van der Waals surface area contributed by atoms with Crippen molar-refractivity contribution in [2.24, 2.45) is 0 Å². The number of piperazine rings is 1. The number of fused-ring (bicyclic) bond motifs is 1. The third-order valence-corrected chi connectivity index (χ3v) is 6.22. The van der Waals surface area contributed by atoms with Gasteiger partial charge in [-0.1, -0.05) is 58.8 Å². The molecular formula is C25H22N8O2. The summed E-state index contributed by atoms with van der Waals surface area (Å²) in [6.45, 7) is 4.13. The predicted octanol–water partition coefficient (Wildman–Crippen LogP) is 3.14. The quantitative estimate of drug-likeness (QED) is 0.398. The summed E-state index contributed by atoms with van der Waals surface area (Å²) in [6.07, 6.45) is 0. The van der Waals surface area contributed by atoms with Gasteiger partial charge in [0, 0.05) is 31.7 Å². The molecule has 1 aliphatic rings. The fourth-order valence-corrected chi connectivity index (χ4v) is 4.42. The van der Waals surface area contributed by atoms with Crippen LogP contribution in [0.3, 0.4) is 0 Å². The molecule has 5 aromatic rings. The van der Waals surface area contributed by atoms with Crippen LogP contribution >= 0.6 is 0 Å². The van der Waals surface area contributed by atoms with Crippen LogP contribution in [-0.4, -0.2) is 67.3 Å². The van der Waals surface area contributed by atoms with Gasteiger partial charge < -0.3 is 14.3 Å². The van der Waals surface area contributed by atoms with Gasteiger partial charge in [0.15, 0.2) is 0 Å². The fourth-order valence-electron chi connectivity index (χ4n) is 4.42. The predicted molar refractivity (Wildman–Crippen MR) is 129 cm³/mol. The molecule has 0 spiro atoms. The van der Waals surface area contributed by atoms with Crippen LogP contribution in [0, 0.1) is 6.92 Å². The highest BCUT2D eigenvalue weighted by Crippen LogP contribution is 2.28. The maximum Gasteiger partial charge on any atom is 0.259 e. The van der Waals surface area contributed by atoms with Gasteiger partial charge in [-0.25, -0.2) is 4.98 Å². The standard InChI is InChI=1S/C25H22N8O2/c1-17-22-20(16-21(26-23(22)35-28-17)18-8-4-2-5-9-18)24(34)31-12-14-32(15-13-31)25-27-29-30-33(25)19-10-6-3-7-11-19/h2-11,16H,12-15H2,1H3. The molecule has 0 atom stereocenters. The minimum Gasteiger partial charge on any atom is -0.336 e. The van der Waals surface area contributed by atoms with E-state index in [0.29, 0.717) is 60.2 Å². The van der Waals surface area contributed by atoms with E-state index in [2.05, 4.69) is 30.6 Å². The average Bonchev–Trinajstić information content (AvgIpc) is 3.56. The van der Waals surface area contributed by atoms with Crippen LogP contribution in [-0.2, 0) is 0 Å². The number of nitrogens with zero attached hydrogens (tertiary/aromatic N) is 8. The fraction of sp³-hybridized carbons (Fsp3) is 0.200. The van der Waals surface area contributed by atoms with Crippen molar-refractivity contribution in [2.45, 2.75) is 6.92 Å². The third-order valence-electron chi connectivity index (χ3n) is 6.22. The summed E-state index contributed by atoms with van der Waals surface area (Å²) in [5.74, 6) is 0.596. The molecular weight excluding hydrogens is 444 g/mol. The summed E-state index contributed by atoms with van der Waals surface area (Å²) < 4.78 is 7.16. The average molecular weight is 467 g/mol. The molecule has 0 saturated carbocycles. The minimum atomic E-state index is -0.0665. The monoisotopic (exact) mass is 466 g/mol. The van der Waals surface area contributed by atoms with E-state index in [-0.39, 0.29) is 5.91 Å². The van der Waals surface area contributed by atoms with Crippen LogP contribution in [0.25, 0.3) is 28.0 Å². The molecule has 1 aliphatic heterocycles. The van der Waals surface area contributed by atoms with Gasteiger partial charge in [0.25, 0.3) is 11.6 Å². The van der Waals surface area contributed by atoms with E-state index in [1.807, 2.05) is 78.6 Å². The van der Waals surface area contributed by atoms with Crippen molar-refractivity contribution in [3.63, 3.8) is 0 Å². The normalized spacial score (nSPS) is 14.0. The highest BCUT2D eigenvalue weighted by molar-refractivity contribution is 6.07. The molecule has 10 heteroatoms. The first kappa shape index (κ1) is 21.0. The molecule has 0 radical (unpaired) electrons. The number of aryl methyl sites for hydroxylation is 1. The smallest absolute Gasteiger partial charge is 0.259 e. The van der Waals surface area contributed by atoms with Gasteiger partial charge in [0.05, 0.1) is 28.0 Å². The van der Waals surface area contributed by atoms with Crippen LogP contribution in [0.15, 0.2) is 71.3 Å². The summed E-state index contributed by atoms with van der Waals surface area (Å²) in [5, 5.41) is 17.0. The van der Waals surface area contributed by atoms with E-state index in [0.717, 1.165) is 11.3 Å². The zero-order chi connectivity index (χ0) is 23.8. The van der Waals surface area contributed by atoms with Gasteiger partial charge in [-0.15, -0.1) is 0 Å². The van der Waals surface area contributed by atoms with Crippen molar-refractivity contribution >= 4 is 23.0 Å². The van der Waals surface area contributed by atoms with Crippen molar-refractivity contribution in [3.05, 3.63) is 78.0 Å². The molecule has 4 heterocycles. The Morgan fingerprint density at radius 3 is 2.40 bits per heavy atom. The molecule has 3 aromatic heterocycles. The topological polar surface area (TPSA) is 106 Å². The number of hydrogen-bond acceptors (Lipinski definition) is 8. The number of rotatable bonds is 4. The maximum atomic E-state index is 13.7. The maximum absolute atomic E-state index is 13.7. The molecule has 174 valence electrons. The zero-order valence-electron chi connectivity index (χ0n) is 19.1. The summed E-state index contributed by atoms with van der Waals surface area (Å²) in [5.41, 5.74) is 4.05. The number of benzene rings is 2. The number of anilines is 1. The number of para-hydroxylation sites is 1. The molecule has 2 aromatic carbocycles. The second-order valence-corrected chi connectivity index (χ2v) is 8.37. The Morgan fingerprint density at radius 2 is 1.66 bits per heavy atom. The lowest BCUT2D eigenvalue weighted by atomic mass is 10.0. The summed E-state index contributed by atoms with van der Waals surface area (Å²) in [4.78, 5) is 22.2. The SMILES string of the molecule is Cc1noc2nc(-c3ccccc3)cc(C(=O)N3CCN(c4nnnn4-c4ccccc4)CC3)c12. The highest BCUT2D eigenvalue weighted by Gasteiger charge is 2.28. The Kier molecular flexibility index (Phi) is 5.17. The number of carbonyl (C=O) groups is 1. The van der Waals surface area contributed by atoms with E-state index >= 15 is 0 Å². The number of carbonyl (C=O) groups excluding carboxylic acids is 1. The zero-order valence-corrected chi connectivity index (χ0v) is 19.1. The van der Waals surface area contributed by atoms with E-state index in [1.165, 1.54) is 0 Å². The number of tetrazole rings is 1. The van der Waals surface area contributed by atoms with Crippen LogP contribution in [0.5, 0.6) is 0 Å². The van der Waals surface area contributed by atoms with Crippen LogP contribution in [0.4, 0.5) is 5.95 Å². The Balaban J connectivity index is 1.26. The molecule has 10 nitrogen and oxygen atoms in total. The Hall–Kier alpha value is -4.60. The van der Waals surface area contributed by atoms with Gasteiger partial charge >= 0.3 is 0 Å². The van der Waals surface area contributed by atoms with Gasteiger partial charge in [-0.05, 0) is 35.5 Å². The Morgan fingerprint density at radius 1 is 0.943 bits per heavy atom. The Labute approximate surface area is 200 Å². The van der Waals surface area contributed by atoms with Crippen molar-refractivity contribution in [3.8, 4) is 16.9 Å². The molecule has 0 aliphatic carbocycles. The number of hydrogen-bond donors (Lipinski definition) is 0. The van der Waals surface area contributed by atoms with Crippen LogP contribution in [0.1, 0.15) is 16.1 Å². The molecule has 1 amide bonds. The summed E-state index contributed by atoms with van der Waals surface area (Å²) in [7, 11) is 0.